The Morgan fingerprint density at radius 2 is 1.42 bits per heavy atom. The monoisotopic (exact) mass is 351 g/mol. The van der Waals surface area contributed by atoms with Gasteiger partial charge < -0.3 is 14.6 Å². The fourth-order valence-electron chi connectivity index (χ4n) is 3.99. The molecule has 0 atom stereocenters. The average Bonchev–Trinajstić information content (AvgIpc) is 2.98. The number of benzene rings is 2. The van der Waals surface area contributed by atoms with Crippen LogP contribution in [-0.2, 0) is 6.54 Å². The molecule has 0 aliphatic rings. The summed E-state index contributed by atoms with van der Waals surface area (Å²) >= 11 is 0. The van der Waals surface area contributed by atoms with Gasteiger partial charge in [-0.2, -0.15) is 0 Å². The van der Waals surface area contributed by atoms with Crippen molar-refractivity contribution in [3.8, 4) is 0 Å². The second kappa shape index (κ2) is 9.25. The fourth-order valence-corrected chi connectivity index (χ4v) is 3.99. The molecular weight excluding hydrogens is 321 g/mol. The Kier molecular flexibility index (Phi) is 6.76. The van der Waals surface area contributed by atoms with Crippen molar-refractivity contribution in [2.45, 2.75) is 64.8 Å². The molecule has 0 fully saturated rings. The third kappa shape index (κ3) is 4.13. The van der Waals surface area contributed by atoms with Crippen molar-refractivity contribution in [1.29, 1.82) is 0 Å². The first-order valence-electron chi connectivity index (χ1n) is 10.1. The Balaban J connectivity index is 1.74. The molecule has 0 amide bonds. The third-order valence-electron chi connectivity index (χ3n) is 5.34. The Labute approximate surface area is 156 Å². The molecule has 0 aliphatic heterocycles. The first-order valence-corrected chi connectivity index (χ1v) is 10.1. The van der Waals surface area contributed by atoms with Gasteiger partial charge in [-0.05, 0) is 24.0 Å². The van der Waals surface area contributed by atoms with Gasteiger partial charge in [0.2, 0.25) is 0 Å². The maximum atomic E-state index is 9.77. The average molecular weight is 351 g/mol. The van der Waals surface area contributed by atoms with Crippen LogP contribution in [0.15, 0.2) is 42.5 Å². The molecule has 0 bridgehead atoms. The van der Waals surface area contributed by atoms with E-state index in [-0.39, 0.29) is 0 Å². The highest BCUT2D eigenvalue weighted by molar-refractivity contribution is 6.63. The van der Waals surface area contributed by atoms with E-state index < -0.39 is 7.12 Å². The Hall–Kier alpha value is -1.78. The minimum Gasteiger partial charge on any atom is -0.423 e. The van der Waals surface area contributed by atoms with Crippen LogP contribution in [0.5, 0.6) is 0 Å². The smallest absolute Gasteiger partial charge is 0.423 e. The predicted octanol–water partition coefficient (Wildman–Crippen LogP) is 4.62. The van der Waals surface area contributed by atoms with Crippen molar-refractivity contribution in [3.05, 3.63) is 42.5 Å². The second-order valence-corrected chi connectivity index (χ2v) is 7.26. The standard InChI is InChI=1S/C22H30BNO2/c1-2-3-4-5-6-7-8-11-17-24-20-15-10-9-13-18(20)22-19(23(25)26)14-12-16-21(22)24/h9-10,12-16,25-26H,2-8,11,17H2,1H3. The lowest BCUT2D eigenvalue weighted by atomic mass is 9.77. The predicted molar refractivity (Wildman–Crippen MR) is 112 cm³/mol. The number of fused-ring (bicyclic) bond motifs is 3. The molecule has 0 saturated heterocycles. The first-order chi connectivity index (χ1) is 12.7. The zero-order valence-corrected chi connectivity index (χ0v) is 15.8. The summed E-state index contributed by atoms with van der Waals surface area (Å²) in [7, 11) is -1.44. The number of aryl methyl sites for hydroxylation is 1. The van der Waals surface area contributed by atoms with Gasteiger partial charge in [-0.1, -0.05) is 82.2 Å². The van der Waals surface area contributed by atoms with Crippen LogP contribution in [0.25, 0.3) is 21.8 Å². The van der Waals surface area contributed by atoms with Gasteiger partial charge in [0.1, 0.15) is 0 Å². The van der Waals surface area contributed by atoms with E-state index in [2.05, 4.69) is 35.8 Å². The summed E-state index contributed by atoms with van der Waals surface area (Å²) in [6, 6.07) is 14.1. The third-order valence-corrected chi connectivity index (χ3v) is 5.34. The van der Waals surface area contributed by atoms with Crippen LogP contribution in [-0.4, -0.2) is 21.7 Å². The second-order valence-electron chi connectivity index (χ2n) is 7.26. The summed E-state index contributed by atoms with van der Waals surface area (Å²) in [4.78, 5) is 0. The Morgan fingerprint density at radius 3 is 2.15 bits per heavy atom. The van der Waals surface area contributed by atoms with E-state index in [1.54, 1.807) is 6.07 Å². The molecule has 0 unspecified atom stereocenters. The van der Waals surface area contributed by atoms with Gasteiger partial charge in [-0.25, -0.2) is 0 Å². The molecule has 138 valence electrons. The summed E-state index contributed by atoms with van der Waals surface area (Å²) in [5.74, 6) is 0. The van der Waals surface area contributed by atoms with E-state index in [4.69, 9.17) is 0 Å². The van der Waals surface area contributed by atoms with Gasteiger partial charge in [-0.15, -0.1) is 0 Å². The molecule has 2 N–H and O–H groups in total. The van der Waals surface area contributed by atoms with Crippen LogP contribution in [0.1, 0.15) is 58.3 Å². The van der Waals surface area contributed by atoms with Crippen LogP contribution in [0, 0.1) is 0 Å². The number of hydrogen-bond acceptors (Lipinski definition) is 2. The van der Waals surface area contributed by atoms with Crippen molar-refractivity contribution in [2.24, 2.45) is 0 Å². The molecule has 2 aromatic carbocycles. The summed E-state index contributed by atoms with van der Waals surface area (Å²) in [5.41, 5.74) is 2.87. The van der Waals surface area contributed by atoms with Crippen molar-refractivity contribution in [2.75, 3.05) is 0 Å². The minimum absolute atomic E-state index is 0.591. The number of nitrogens with zero attached hydrogens (tertiary/aromatic N) is 1. The molecule has 26 heavy (non-hydrogen) atoms. The van der Waals surface area contributed by atoms with Gasteiger partial charge in [0, 0.05) is 28.4 Å². The van der Waals surface area contributed by atoms with Crippen molar-refractivity contribution < 1.29 is 10.0 Å². The zero-order valence-electron chi connectivity index (χ0n) is 15.8. The zero-order chi connectivity index (χ0) is 18.4. The van der Waals surface area contributed by atoms with Crippen molar-refractivity contribution in [3.63, 3.8) is 0 Å². The Morgan fingerprint density at radius 1 is 0.769 bits per heavy atom. The normalized spacial score (nSPS) is 11.5. The first kappa shape index (κ1) is 19.0. The number of unbranched alkanes of at least 4 members (excludes halogenated alkanes) is 7. The van der Waals surface area contributed by atoms with E-state index in [1.165, 1.54) is 50.5 Å². The van der Waals surface area contributed by atoms with Crippen LogP contribution in [0.2, 0.25) is 0 Å². The van der Waals surface area contributed by atoms with Gasteiger partial charge in [-0.3, -0.25) is 0 Å². The van der Waals surface area contributed by atoms with Crippen LogP contribution in [0.4, 0.5) is 0 Å². The molecule has 0 radical (unpaired) electrons. The molecular formula is C22H30BNO2. The van der Waals surface area contributed by atoms with Crippen LogP contribution >= 0.6 is 0 Å². The fraction of sp³-hybridized carbons (Fsp3) is 0.455. The lowest BCUT2D eigenvalue weighted by Gasteiger charge is -2.08. The summed E-state index contributed by atoms with van der Waals surface area (Å²) < 4.78 is 2.34. The van der Waals surface area contributed by atoms with Gasteiger partial charge in [0.15, 0.2) is 0 Å². The van der Waals surface area contributed by atoms with E-state index in [0.29, 0.717) is 5.46 Å². The minimum atomic E-state index is -1.44. The summed E-state index contributed by atoms with van der Waals surface area (Å²) in [6.07, 6.45) is 10.5. The molecule has 3 aromatic rings. The van der Waals surface area contributed by atoms with Gasteiger partial charge in [0.25, 0.3) is 0 Å². The summed E-state index contributed by atoms with van der Waals surface area (Å²) in [6.45, 7) is 3.23. The largest absolute Gasteiger partial charge is 0.489 e. The molecule has 1 heterocycles. The molecule has 4 heteroatoms. The van der Waals surface area contributed by atoms with Gasteiger partial charge >= 0.3 is 7.12 Å². The topological polar surface area (TPSA) is 45.4 Å². The number of rotatable bonds is 10. The quantitative estimate of drug-likeness (QED) is 0.414. The molecule has 3 nitrogen and oxygen atoms in total. The van der Waals surface area contributed by atoms with Crippen LogP contribution in [0.3, 0.4) is 0 Å². The van der Waals surface area contributed by atoms with Crippen molar-refractivity contribution >= 4 is 34.4 Å². The van der Waals surface area contributed by atoms with E-state index in [0.717, 1.165) is 29.3 Å². The highest BCUT2D eigenvalue weighted by Crippen LogP contribution is 2.28. The highest BCUT2D eigenvalue weighted by Gasteiger charge is 2.19. The van der Waals surface area contributed by atoms with Crippen molar-refractivity contribution in [1.82, 2.24) is 4.57 Å². The van der Waals surface area contributed by atoms with E-state index >= 15 is 0 Å². The van der Waals surface area contributed by atoms with Crippen LogP contribution < -0.4 is 5.46 Å². The van der Waals surface area contributed by atoms with Gasteiger partial charge in [0.05, 0.1) is 0 Å². The molecule has 1 aromatic heterocycles. The number of para-hydroxylation sites is 1. The number of aromatic nitrogens is 1. The lowest BCUT2D eigenvalue weighted by Crippen LogP contribution is -2.30. The maximum absolute atomic E-state index is 9.77. The molecule has 0 spiro atoms. The maximum Gasteiger partial charge on any atom is 0.489 e. The number of hydrogen-bond donors (Lipinski definition) is 2. The Bertz CT molecular complexity index is 841. The molecule has 3 rings (SSSR count). The highest BCUT2D eigenvalue weighted by atomic mass is 16.4. The SMILES string of the molecule is CCCCCCCCCCn1c2ccccc2c2c(B(O)O)cccc21. The van der Waals surface area contributed by atoms with E-state index in [9.17, 15) is 10.0 Å². The lowest BCUT2D eigenvalue weighted by molar-refractivity contribution is 0.426. The molecule has 0 saturated carbocycles. The van der Waals surface area contributed by atoms with E-state index in [1.807, 2.05) is 12.1 Å². The molecule has 0 aliphatic carbocycles. The summed E-state index contributed by atoms with van der Waals surface area (Å²) in [5, 5.41) is 21.6.